The van der Waals surface area contributed by atoms with E-state index in [1.807, 2.05) is 0 Å². The van der Waals surface area contributed by atoms with Crippen LogP contribution in [0.15, 0.2) is 37.2 Å². The zero-order valence-electron chi connectivity index (χ0n) is 22.2. The molecule has 0 spiro atoms. The second-order valence-corrected chi connectivity index (χ2v) is 12.8. The molecule has 5 heterocycles. The Hall–Kier alpha value is -3.01. The van der Waals surface area contributed by atoms with Crippen molar-refractivity contribution in [3.63, 3.8) is 0 Å². The summed E-state index contributed by atoms with van der Waals surface area (Å²) in [6.07, 6.45) is -4.49. The number of imidazole rings is 1. The van der Waals surface area contributed by atoms with Crippen molar-refractivity contribution < 1.29 is 71.5 Å². The number of phosphoric acid groups is 2. The first-order valence-electron chi connectivity index (χ1n) is 12.5. The summed E-state index contributed by atoms with van der Waals surface area (Å²) in [6.45, 7) is -2.45. The van der Waals surface area contributed by atoms with Crippen LogP contribution in [0.25, 0.3) is 11.2 Å². The minimum Gasteiger partial charge on any atom is -0.756 e. The molecule has 4 unspecified atom stereocenters. The van der Waals surface area contributed by atoms with E-state index in [1.165, 1.54) is 29.2 Å². The van der Waals surface area contributed by atoms with Gasteiger partial charge in [0.15, 0.2) is 36.2 Å². The number of hydrogen-bond donors (Lipinski definition) is 7. The highest BCUT2D eigenvalue weighted by molar-refractivity contribution is 7.60. The normalized spacial score (nSPS) is 31.6. The van der Waals surface area contributed by atoms with E-state index in [9.17, 15) is 44.1 Å². The maximum Gasteiger partial charge on any atom is 0.478 e. The van der Waals surface area contributed by atoms with Crippen molar-refractivity contribution in [2.45, 2.75) is 42.5 Å². The Morgan fingerprint density at radius 2 is 1.91 bits per heavy atom. The lowest BCUT2D eigenvalue weighted by atomic mass is 10.1. The lowest BCUT2D eigenvalue weighted by molar-refractivity contribution is -0.811. The smallest absolute Gasteiger partial charge is 0.478 e. The SMILES string of the molecule is NC(=O)c1ccc[n+]([C@]2(O)COC(COP(=O)([O-])OP(=O)(O)OC[C@H]3OC(n4cnc5c(N)ncnc54)[C@@H](O)[C@H]3O)[C@H]2O)c1. The number of primary amides is 1. The van der Waals surface area contributed by atoms with Gasteiger partial charge in [-0.3, -0.25) is 18.5 Å². The molecule has 5 rings (SSSR count). The third-order valence-electron chi connectivity index (χ3n) is 6.87. The third kappa shape index (κ3) is 6.37. The van der Waals surface area contributed by atoms with Gasteiger partial charge < -0.3 is 55.7 Å². The molecule has 9 atom stereocenters. The second kappa shape index (κ2) is 12.1. The van der Waals surface area contributed by atoms with Crippen LogP contribution in [0, 0.1) is 0 Å². The standard InChI is InChI=1S/C21H27N7O14P2/c22-17-13-19(25-8-24-17)28(9-26-13)20-15(30)14(29)11(41-20)5-39-43(34,35)42-44(36,37)40-6-12-16(31)21(33,7-38-12)27-3-1-2-10(4-27)18(23)32/h1-4,8-9,11-12,14-16,20,29-31,33H,5-7H2,(H5-,22,23,24,25,32,34,35,36,37)/t11-,12?,14+,15+,16-,20?,21+/m1/s1. The van der Waals surface area contributed by atoms with Gasteiger partial charge in [0.2, 0.25) is 0 Å². The molecule has 2 fully saturated rings. The maximum absolute atomic E-state index is 12.4. The van der Waals surface area contributed by atoms with Crippen molar-refractivity contribution in [3.8, 4) is 0 Å². The van der Waals surface area contributed by atoms with Crippen LogP contribution in [-0.2, 0) is 37.7 Å². The van der Waals surface area contributed by atoms with Gasteiger partial charge in [-0.1, -0.05) is 0 Å². The number of aliphatic hydroxyl groups excluding tert-OH is 3. The monoisotopic (exact) mass is 663 g/mol. The first-order valence-corrected chi connectivity index (χ1v) is 15.5. The molecular formula is C21H27N7O14P2. The highest BCUT2D eigenvalue weighted by atomic mass is 31.3. The molecule has 0 saturated carbocycles. The third-order valence-corrected chi connectivity index (χ3v) is 9.43. The lowest BCUT2D eigenvalue weighted by Crippen LogP contribution is -2.64. The average molecular weight is 663 g/mol. The fraction of sp³-hybridized carbons (Fsp3) is 0.476. The second-order valence-electron chi connectivity index (χ2n) is 9.76. The van der Waals surface area contributed by atoms with E-state index in [4.69, 9.17) is 20.9 Å². The predicted octanol–water partition coefficient (Wildman–Crippen LogP) is -3.86. The lowest BCUT2D eigenvalue weighted by Gasteiger charge is -2.27. The summed E-state index contributed by atoms with van der Waals surface area (Å²) in [5, 5.41) is 42.4. The summed E-state index contributed by atoms with van der Waals surface area (Å²) in [6, 6.07) is 2.73. The molecule has 0 aromatic carbocycles. The summed E-state index contributed by atoms with van der Waals surface area (Å²) < 4.78 is 51.1. The summed E-state index contributed by atoms with van der Waals surface area (Å²) in [5.74, 6) is -0.767. The van der Waals surface area contributed by atoms with Gasteiger partial charge >= 0.3 is 13.5 Å². The van der Waals surface area contributed by atoms with E-state index in [0.29, 0.717) is 0 Å². The number of carbonyl (C=O) groups excluding carboxylic acids is 1. The number of anilines is 1. The average Bonchev–Trinajstić information content (AvgIpc) is 3.61. The molecule has 2 saturated heterocycles. The highest BCUT2D eigenvalue weighted by Crippen LogP contribution is 2.58. The highest BCUT2D eigenvalue weighted by Gasteiger charge is 2.56. The number of phosphoric ester groups is 2. The molecule has 3 aromatic rings. The zero-order valence-corrected chi connectivity index (χ0v) is 24.0. The molecular weight excluding hydrogens is 636 g/mol. The Kier molecular flexibility index (Phi) is 8.88. The number of nitrogens with two attached hydrogens (primary N) is 2. The summed E-state index contributed by atoms with van der Waals surface area (Å²) in [4.78, 5) is 45.5. The number of hydrogen-bond acceptors (Lipinski definition) is 17. The van der Waals surface area contributed by atoms with E-state index in [-0.39, 0.29) is 22.5 Å². The van der Waals surface area contributed by atoms with Crippen LogP contribution < -0.4 is 20.9 Å². The molecule has 0 bridgehead atoms. The fourth-order valence-electron chi connectivity index (χ4n) is 4.59. The van der Waals surface area contributed by atoms with Crippen molar-refractivity contribution in [2.24, 2.45) is 5.73 Å². The fourth-order valence-corrected chi connectivity index (χ4v) is 6.64. The minimum absolute atomic E-state index is 0.000460. The van der Waals surface area contributed by atoms with Crippen LogP contribution in [-0.4, -0.2) is 101 Å². The van der Waals surface area contributed by atoms with Crippen LogP contribution in [0.1, 0.15) is 16.6 Å². The number of fused-ring (bicyclic) bond motifs is 1. The first-order chi connectivity index (χ1) is 20.6. The minimum atomic E-state index is -5.62. The summed E-state index contributed by atoms with van der Waals surface area (Å²) in [7, 11) is -11.1. The van der Waals surface area contributed by atoms with Crippen LogP contribution in [0.5, 0.6) is 0 Å². The van der Waals surface area contributed by atoms with Crippen LogP contribution >= 0.6 is 15.6 Å². The van der Waals surface area contributed by atoms with Gasteiger partial charge in [0, 0.05) is 6.07 Å². The molecule has 240 valence electrons. The Morgan fingerprint density at radius 3 is 2.64 bits per heavy atom. The molecule has 0 radical (unpaired) electrons. The van der Waals surface area contributed by atoms with Gasteiger partial charge in [-0.05, 0) is 6.07 Å². The molecule has 2 aliphatic heterocycles. The van der Waals surface area contributed by atoms with Gasteiger partial charge in [0.25, 0.3) is 13.7 Å². The molecule has 21 nitrogen and oxygen atoms in total. The molecule has 3 aromatic heterocycles. The Balaban J connectivity index is 1.16. The van der Waals surface area contributed by atoms with E-state index < -0.39 is 83.8 Å². The van der Waals surface area contributed by atoms with Crippen LogP contribution in [0.2, 0.25) is 0 Å². The van der Waals surface area contributed by atoms with Gasteiger partial charge in [-0.15, -0.1) is 0 Å². The Labute approximate surface area is 246 Å². The number of nitrogens with zero attached hydrogens (tertiary/aromatic N) is 5. The van der Waals surface area contributed by atoms with Gasteiger partial charge in [-0.25, -0.2) is 23.8 Å². The van der Waals surface area contributed by atoms with Crippen molar-refractivity contribution in [3.05, 3.63) is 42.7 Å². The van der Waals surface area contributed by atoms with E-state index >= 15 is 0 Å². The largest absolute Gasteiger partial charge is 0.756 e. The quantitative estimate of drug-likeness (QED) is 0.0762. The van der Waals surface area contributed by atoms with E-state index in [0.717, 1.165) is 17.1 Å². The molecule has 44 heavy (non-hydrogen) atoms. The van der Waals surface area contributed by atoms with Crippen LogP contribution in [0.3, 0.4) is 0 Å². The number of aliphatic hydroxyl groups is 4. The molecule has 23 heteroatoms. The predicted molar refractivity (Wildman–Crippen MR) is 137 cm³/mol. The molecule has 0 aliphatic carbocycles. The number of rotatable bonds is 11. The number of carbonyl (C=O) groups is 1. The van der Waals surface area contributed by atoms with Gasteiger partial charge in [0.05, 0.1) is 19.5 Å². The summed E-state index contributed by atoms with van der Waals surface area (Å²) in [5.41, 5.74) is 9.16. The number of amides is 1. The number of pyridine rings is 1. The number of aromatic nitrogens is 5. The van der Waals surface area contributed by atoms with Gasteiger partial charge in [-0.2, -0.15) is 4.57 Å². The van der Waals surface area contributed by atoms with E-state index in [1.54, 1.807) is 0 Å². The maximum atomic E-state index is 12.4. The molecule has 9 N–H and O–H groups in total. The van der Waals surface area contributed by atoms with Crippen molar-refractivity contribution in [1.29, 1.82) is 0 Å². The van der Waals surface area contributed by atoms with Crippen molar-refractivity contribution >= 4 is 38.5 Å². The Bertz CT molecular complexity index is 1650. The van der Waals surface area contributed by atoms with Crippen LogP contribution in [0.4, 0.5) is 5.82 Å². The number of ether oxygens (including phenoxy) is 2. The Morgan fingerprint density at radius 1 is 1.18 bits per heavy atom. The van der Waals surface area contributed by atoms with Crippen molar-refractivity contribution in [2.75, 3.05) is 25.6 Å². The summed E-state index contributed by atoms with van der Waals surface area (Å²) >= 11 is 0. The van der Waals surface area contributed by atoms with Gasteiger partial charge in [0.1, 0.15) is 48.4 Å². The molecule has 1 amide bonds. The zero-order chi connectivity index (χ0) is 32.0. The van der Waals surface area contributed by atoms with Crippen molar-refractivity contribution in [1.82, 2.24) is 19.5 Å². The topological polar surface area (TPSA) is 321 Å². The molecule has 2 aliphatic rings. The number of nitrogen functional groups attached to an aromatic ring is 1. The first kappa shape index (κ1) is 32.4. The van der Waals surface area contributed by atoms with E-state index in [2.05, 4.69) is 28.3 Å².